The lowest BCUT2D eigenvalue weighted by molar-refractivity contribution is -0.176. The molecule has 860 valence electrons. The van der Waals surface area contributed by atoms with Gasteiger partial charge in [0.25, 0.3) is 0 Å². The molecule has 0 heterocycles. The molecule has 0 aliphatic carbocycles. The number of esters is 11. The first-order valence-electron chi connectivity index (χ1n) is 45.5. The van der Waals surface area contributed by atoms with Crippen LogP contribution >= 0.6 is 38.0 Å². The van der Waals surface area contributed by atoms with Gasteiger partial charge in [0, 0.05) is 32.1 Å². The molecule has 60 heteroatoms. The molecular weight excluding hydrogens is 2090 g/mol. The molecule has 0 amide bonds. The van der Waals surface area contributed by atoms with Gasteiger partial charge in [0.15, 0.2) is 0 Å². The highest BCUT2D eigenvalue weighted by molar-refractivity contribution is 7.54. The minimum absolute atomic E-state index is 0.00271. The van der Waals surface area contributed by atoms with E-state index < -0.39 is 326 Å². The van der Waals surface area contributed by atoms with E-state index in [4.69, 9.17) is 108 Å². The fourth-order valence-corrected chi connectivity index (χ4v) is 16.6. The average molecular weight is 2250 g/mol. The summed E-state index contributed by atoms with van der Waals surface area (Å²) in [6.07, 6.45) is -10.5. The predicted octanol–water partition coefficient (Wildman–Crippen LogP) is 14.0. The van der Waals surface area contributed by atoms with Gasteiger partial charge in [-0.2, -0.15) is 0 Å². The number of Topliss-reactive ketones (excluding diaryl/α,β-unsaturated/α-hetero) is 2. The summed E-state index contributed by atoms with van der Waals surface area (Å²) in [6.45, 7) is 33.9. The average Bonchev–Trinajstić information content (AvgIpc) is 0.863. The third-order valence-corrected chi connectivity index (χ3v) is 25.5. The van der Waals surface area contributed by atoms with Crippen LogP contribution in [0.5, 0.6) is 0 Å². The van der Waals surface area contributed by atoms with Crippen molar-refractivity contribution >= 4 is 152 Å². The zero-order valence-electron chi connectivity index (χ0n) is 89.7. The Labute approximate surface area is 860 Å². The van der Waals surface area contributed by atoms with Gasteiger partial charge in [-0.25, -0.2) is 19.2 Å². The van der Waals surface area contributed by atoms with Crippen molar-refractivity contribution in [3.05, 3.63) is 0 Å². The number of ketones is 2. The lowest BCUT2D eigenvalue weighted by Gasteiger charge is -2.24. The fraction of sp³-hybridized carbons (Fsp3) is 0.784. The normalized spacial score (nSPS) is 12.8. The number of carbonyl (C=O) groups is 19. The van der Waals surface area contributed by atoms with Crippen LogP contribution in [0.4, 0.5) is 19.2 Å². The van der Waals surface area contributed by atoms with Crippen molar-refractivity contribution in [1.82, 2.24) is 0 Å². The van der Waals surface area contributed by atoms with Crippen LogP contribution in [0, 0.1) is 56.7 Å². The first-order valence-corrected chi connectivity index (χ1v) is 54.2. The minimum Gasteiger partial charge on any atom is -0.481 e. The van der Waals surface area contributed by atoms with E-state index in [0.29, 0.717) is 0 Å². The largest absolute Gasteiger partial charge is 0.510 e. The summed E-state index contributed by atoms with van der Waals surface area (Å²) >= 11 is 0. The molecule has 0 aliphatic heterocycles. The van der Waals surface area contributed by atoms with Crippen LogP contribution in [0.15, 0.2) is 0 Å². The number of methoxy groups -OCH3 is 4. The maximum absolute atomic E-state index is 13.6. The highest BCUT2D eigenvalue weighted by Gasteiger charge is 2.42. The molecule has 0 fully saturated rings. The van der Waals surface area contributed by atoms with Crippen molar-refractivity contribution in [2.24, 2.45) is 56.7 Å². The standard InChI is InChI=1S/C25H43O13P.C19H33O11P.C18H31O13P.C18H31O12P.C8H15O6P/c1-23(2,3)20(28)34-14-33-19(27)17(11-12-18(26)32-10)13-39(31,37-15-35-21(29)24(4,5)6)38-16-36-22(30)25(7,8)9;1-18(2,3)16(23)27-11-29-31(25,30-12-28-17(24)19(4,5)6)10-13(15(22)26-7)8-9-14(20)21;1-6-25-16(21)14(7-8-15(19)20)9-32(24,28-10-26-17(22)30-12(2)3)29-11-27-18(23)31-13(4)5;1-12(2)29-17(21)25-10-27-31(23,28-11-26-18(22)30-13(3)4)9-15(16(20)24-6)8-7-14(5)19;1-6(9)3-4-7(8(10)14-2)5-15(11,12)13/h17H,11-16H2,1-10H3;13H,8-12H2,1-7H3,(H,20,21);12-14H,6-11H2,1-5H3,(H,19,20);12-13,15H,7-11H2,1-6H3;7H,3-5H2,1-2H3,(H2,11,12,13). The van der Waals surface area contributed by atoms with E-state index in [1.807, 2.05) is 0 Å². The number of rotatable bonds is 61. The number of hydrogen-bond acceptors (Lipinski definition) is 51. The van der Waals surface area contributed by atoms with E-state index in [-0.39, 0.29) is 69.5 Å². The Morgan fingerprint density at radius 1 is 0.257 bits per heavy atom. The number of hydrogen-bond donors (Lipinski definition) is 4. The van der Waals surface area contributed by atoms with Crippen molar-refractivity contribution in [1.29, 1.82) is 0 Å². The van der Waals surface area contributed by atoms with E-state index >= 15 is 0 Å². The molecule has 0 aliphatic rings. The number of carboxylic acids is 2. The summed E-state index contributed by atoms with van der Waals surface area (Å²) in [4.78, 5) is 239. The molecule has 0 spiro atoms. The Kier molecular flexibility index (Phi) is 72.8. The molecule has 5 atom stereocenters. The lowest BCUT2D eigenvalue weighted by Crippen LogP contribution is -2.29. The van der Waals surface area contributed by atoms with E-state index in [1.54, 1.807) is 166 Å². The number of carboxylic acid groups (broad SMARTS) is 2. The summed E-state index contributed by atoms with van der Waals surface area (Å²) in [5.74, 6) is -16.1. The first kappa shape index (κ1) is 147. The molecule has 0 bridgehead atoms. The van der Waals surface area contributed by atoms with E-state index in [9.17, 15) is 114 Å². The molecule has 0 radical (unpaired) electrons. The maximum Gasteiger partial charge on any atom is 0.510 e. The second kappa shape index (κ2) is 73.5. The lowest BCUT2D eigenvalue weighted by atomic mass is 9.97. The van der Waals surface area contributed by atoms with E-state index in [1.165, 1.54) is 13.8 Å². The smallest absolute Gasteiger partial charge is 0.481 e. The molecule has 5 unspecified atom stereocenters. The zero-order valence-corrected chi connectivity index (χ0v) is 94.2. The topological polar surface area (TPSA) is 740 Å². The van der Waals surface area contributed by atoms with Gasteiger partial charge in [0.1, 0.15) is 11.6 Å². The quantitative estimate of drug-likeness (QED) is 0.0190. The molecule has 0 aromatic carbocycles. The minimum atomic E-state index is -4.31. The maximum atomic E-state index is 13.6. The summed E-state index contributed by atoms with van der Waals surface area (Å²) in [7, 11) is -16.6. The van der Waals surface area contributed by atoms with Crippen LogP contribution in [-0.2, 0) is 221 Å². The Morgan fingerprint density at radius 2 is 0.453 bits per heavy atom. The van der Waals surface area contributed by atoms with Gasteiger partial charge in [0.05, 0.1) is 147 Å². The van der Waals surface area contributed by atoms with Gasteiger partial charge in [0.2, 0.25) is 61.1 Å². The van der Waals surface area contributed by atoms with Crippen LogP contribution in [0.25, 0.3) is 0 Å². The highest BCUT2D eigenvalue weighted by Crippen LogP contribution is 2.54. The zero-order chi connectivity index (χ0) is 116. The summed E-state index contributed by atoms with van der Waals surface area (Å²) < 4.78 is 195. The van der Waals surface area contributed by atoms with Crippen molar-refractivity contribution in [2.45, 2.75) is 269 Å². The number of ether oxygens (including phenoxy) is 19. The summed E-state index contributed by atoms with van der Waals surface area (Å²) in [5, 5.41) is 17.8. The van der Waals surface area contributed by atoms with Gasteiger partial charge in [-0.1, -0.05) is 0 Å². The molecule has 0 saturated carbocycles. The van der Waals surface area contributed by atoms with E-state index in [2.05, 4.69) is 37.9 Å². The van der Waals surface area contributed by atoms with Gasteiger partial charge >= 0.3 is 140 Å². The third kappa shape index (κ3) is 77.6. The summed E-state index contributed by atoms with van der Waals surface area (Å²) in [6, 6.07) is 0. The van der Waals surface area contributed by atoms with Crippen LogP contribution < -0.4 is 0 Å². The van der Waals surface area contributed by atoms with Crippen LogP contribution in [0.3, 0.4) is 0 Å². The monoisotopic (exact) mass is 2240 g/mol. The van der Waals surface area contributed by atoms with Crippen LogP contribution in [0.2, 0.25) is 0 Å². The van der Waals surface area contributed by atoms with Gasteiger partial charge in [-0.05, 0) is 212 Å². The molecule has 0 rings (SSSR count). The Balaban J connectivity index is -0.000000588. The van der Waals surface area contributed by atoms with Crippen LogP contribution in [-0.4, -0.2) is 285 Å². The predicted molar refractivity (Wildman–Crippen MR) is 509 cm³/mol. The SMILES string of the molecule is CCOC(=O)C(CCC(=O)O)CP(=O)(OCOC(=O)OC(C)C)OCOC(=O)OC(C)C.COC(=O)C(CCC(=O)O)CP(=O)(OCOC(=O)C(C)(C)C)OCOC(=O)C(C)(C)C.COC(=O)C(CCC(C)=O)CP(=O)(O)O.COC(=O)C(CCC(C)=O)CP(=O)(OCOC(=O)OC(C)C)OCOC(=O)OC(C)C.COC(=O)CCC(CP(=O)(OCOC(=O)C(C)(C)C)OCOC(=O)C(C)(C)C)C(=O)OCOC(=O)C(C)(C)C. The van der Waals surface area contributed by atoms with Crippen molar-refractivity contribution in [3.63, 3.8) is 0 Å². The molecule has 148 heavy (non-hydrogen) atoms. The number of aliphatic carboxylic acids is 2. The van der Waals surface area contributed by atoms with Gasteiger partial charge in [-0.3, -0.25) is 121 Å². The van der Waals surface area contributed by atoms with Crippen molar-refractivity contribution in [3.8, 4) is 0 Å². The van der Waals surface area contributed by atoms with Crippen LogP contribution in [0.1, 0.15) is 244 Å². The van der Waals surface area contributed by atoms with Gasteiger partial charge < -0.3 is 120 Å². The Morgan fingerprint density at radius 3 is 0.642 bits per heavy atom. The highest BCUT2D eigenvalue weighted by atomic mass is 31.2. The van der Waals surface area contributed by atoms with Gasteiger partial charge in [-0.15, -0.1) is 0 Å². The Bertz CT molecular complexity index is 4280. The molecule has 0 aromatic rings. The Hall–Kier alpha value is -9.72. The second-order valence-corrected chi connectivity index (χ2v) is 47.6. The van der Waals surface area contributed by atoms with Crippen molar-refractivity contribution in [2.75, 3.05) is 127 Å². The molecule has 0 aromatic heterocycles. The summed E-state index contributed by atoms with van der Waals surface area (Å²) in [5.41, 5.74) is -4.29. The molecular formula is C88H153O55P5. The molecule has 0 saturated heterocycles. The first-order chi connectivity index (χ1) is 67.7. The second-order valence-electron chi connectivity index (χ2n) is 37.5. The molecule has 4 N–H and O–H groups in total. The molecule has 55 nitrogen and oxygen atoms in total. The van der Waals surface area contributed by atoms with E-state index in [0.717, 1.165) is 28.4 Å². The van der Waals surface area contributed by atoms with Crippen molar-refractivity contribution < 1.29 is 260 Å². The third-order valence-electron chi connectivity index (χ3n) is 17.1. The fourth-order valence-electron chi connectivity index (χ4n) is 9.37. The number of carbonyl (C=O) groups excluding carboxylic acids is 17.